The van der Waals surface area contributed by atoms with Crippen LogP contribution in [-0.2, 0) is 6.61 Å². The predicted molar refractivity (Wildman–Crippen MR) is 99.0 cm³/mol. The molecule has 7 nitrogen and oxygen atoms in total. The van der Waals surface area contributed by atoms with Gasteiger partial charge in [-0.1, -0.05) is 12.1 Å². The third-order valence-corrected chi connectivity index (χ3v) is 4.53. The lowest BCUT2D eigenvalue weighted by Gasteiger charge is -2.08. The van der Waals surface area contributed by atoms with Gasteiger partial charge in [-0.25, -0.2) is 0 Å². The van der Waals surface area contributed by atoms with Gasteiger partial charge in [0.15, 0.2) is 0 Å². The molecule has 0 aliphatic heterocycles. The summed E-state index contributed by atoms with van der Waals surface area (Å²) in [7, 11) is 0. The SMILES string of the molecule is O=C(N[C@@H]1C[C@H]1NC(=O)c1ccc2cccnc2c1)c1ccnc(CO)c1. The lowest BCUT2D eigenvalue weighted by molar-refractivity contribution is 0.0926. The number of aliphatic hydroxyl groups excluding tert-OH is 1. The molecule has 2 amide bonds. The van der Waals surface area contributed by atoms with E-state index in [1.165, 1.54) is 6.20 Å². The Morgan fingerprint density at radius 1 is 0.963 bits per heavy atom. The summed E-state index contributed by atoms with van der Waals surface area (Å²) in [6.07, 6.45) is 3.86. The van der Waals surface area contributed by atoms with Crippen molar-refractivity contribution in [3.8, 4) is 0 Å². The number of hydrogen-bond acceptors (Lipinski definition) is 5. The van der Waals surface area contributed by atoms with Gasteiger partial charge < -0.3 is 15.7 Å². The summed E-state index contributed by atoms with van der Waals surface area (Å²) in [5.74, 6) is -0.431. The summed E-state index contributed by atoms with van der Waals surface area (Å²) in [5.41, 5.74) is 2.18. The second kappa shape index (κ2) is 7.13. The van der Waals surface area contributed by atoms with Crippen molar-refractivity contribution in [2.75, 3.05) is 0 Å². The standard InChI is InChI=1S/C20H18N4O3/c25-11-15-8-14(5-7-21-15)20(27)24-18-10-17(18)23-19(26)13-4-3-12-2-1-6-22-16(12)9-13/h1-9,17-18,25H,10-11H2,(H,23,26)(H,24,27)/t17-,18-/m1/s1. The van der Waals surface area contributed by atoms with Crippen LogP contribution >= 0.6 is 0 Å². The Morgan fingerprint density at radius 2 is 1.70 bits per heavy atom. The first kappa shape index (κ1) is 17.1. The molecule has 3 N–H and O–H groups in total. The van der Waals surface area contributed by atoms with Crippen LogP contribution in [0.25, 0.3) is 10.9 Å². The Kier molecular flexibility index (Phi) is 4.52. The van der Waals surface area contributed by atoms with E-state index >= 15 is 0 Å². The molecule has 1 saturated carbocycles. The van der Waals surface area contributed by atoms with Gasteiger partial charge in [0, 0.05) is 28.9 Å². The lowest BCUT2D eigenvalue weighted by atomic mass is 10.1. The van der Waals surface area contributed by atoms with Gasteiger partial charge in [-0.2, -0.15) is 0 Å². The van der Waals surface area contributed by atoms with E-state index in [1.807, 2.05) is 18.2 Å². The zero-order chi connectivity index (χ0) is 18.8. The van der Waals surface area contributed by atoms with Gasteiger partial charge >= 0.3 is 0 Å². The summed E-state index contributed by atoms with van der Waals surface area (Å²) in [6, 6.07) is 12.1. The first-order chi connectivity index (χ1) is 13.1. The molecule has 0 unspecified atom stereocenters. The molecule has 0 bridgehead atoms. The van der Waals surface area contributed by atoms with Gasteiger partial charge in [-0.15, -0.1) is 0 Å². The summed E-state index contributed by atoms with van der Waals surface area (Å²) >= 11 is 0. The van der Waals surface area contributed by atoms with Crippen LogP contribution in [0.4, 0.5) is 0 Å². The molecule has 3 aromatic rings. The Morgan fingerprint density at radius 3 is 2.44 bits per heavy atom. The molecule has 1 fully saturated rings. The number of nitrogens with zero attached hydrogens (tertiary/aromatic N) is 2. The number of hydrogen-bond donors (Lipinski definition) is 3. The van der Waals surface area contributed by atoms with Crippen molar-refractivity contribution < 1.29 is 14.7 Å². The van der Waals surface area contributed by atoms with Gasteiger partial charge in [-0.05, 0) is 36.8 Å². The molecular formula is C20H18N4O3. The molecule has 0 spiro atoms. The molecule has 1 aliphatic rings. The number of benzene rings is 1. The van der Waals surface area contributed by atoms with Crippen molar-refractivity contribution >= 4 is 22.7 Å². The van der Waals surface area contributed by atoms with Crippen LogP contribution in [0.2, 0.25) is 0 Å². The highest BCUT2D eigenvalue weighted by Crippen LogP contribution is 2.23. The quantitative estimate of drug-likeness (QED) is 0.637. The van der Waals surface area contributed by atoms with Crippen LogP contribution in [0.15, 0.2) is 54.9 Å². The number of fused-ring (bicyclic) bond motifs is 1. The second-order valence-electron chi connectivity index (χ2n) is 6.50. The van der Waals surface area contributed by atoms with E-state index in [1.54, 1.807) is 30.5 Å². The van der Waals surface area contributed by atoms with Crippen molar-refractivity contribution in [3.63, 3.8) is 0 Å². The number of rotatable bonds is 5. The zero-order valence-electron chi connectivity index (χ0n) is 14.4. The zero-order valence-corrected chi connectivity index (χ0v) is 14.4. The van der Waals surface area contributed by atoms with E-state index in [4.69, 9.17) is 5.11 Å². The van der Waals surface area contributed by atoms with Crippen molar-refractivity contribution in [2.24, 2.45) is 0 Å². The number of carbonyl (C=O) groups excluding carboxylic acids is 2. The number of amides is 2. The van der Waals surface area contributed by atoms with E-state index in [9.17, 15) is 9.59 Å². The monoisotopic (exact) mass is 362 g/mol. The molecule has 0 saturated heterocycles. The second-order valence-corrected chi connectivity index (χ2v) is 6.50. The summed E-state index contributed by atoms with van der Waals surface area (Å²) in [5, 5.41) is 15.9. The Labute approximate surface area is 155 Å². The average molecular weight is 362 g/mol. The van der Waals surface area contributed by atoms with Crippen LogP contribution in [0, 0.1) is 0 Å². The Balaban J connectivity index is 1.35. The number of aliphatic hydroxyl groups is 1. The van der Waals surface area contributed by atoms with Crippen LogP contribution in [-0.4, -0.2) is 39.0 Å². The third-order valence-electron chi connectivity index (χ3n) is 4.53. The van der Waals surface area contributed by atoms with Crippen LogP contribution in [0.3, 0.4) is 0 Å². The van der Waals surface area contributed by atoms with E-state index in [2.05, 4.69) is 20.6 Å². The topological polar surface area (TPSA) is 104 Å². The summed E-state index contributed by atoms with van der Waals surface area (Å²) in [4.78, 5) is 32.9. The molecule has 4 rings (SSSR count). The average Bonchev–Trinajstić information content (AvgIpc) is 3.44. The molecular weight excluding hydrogens is 344 g/mol. The highest BCUT2D eigenvalue weighted by Gasteiger charge is 2.39. The molecule has 0 radical (unpaired) electrons. The molecule has 2 aromatic heterocycles. The smallest absolute Gasteiger partial charge is 0.251 e. The minimum atomic E-state index is -0.247. The summed E-state index contributed by atoms with van der Waals surface area (Å²) in [6.45, 7) is -0.218. The number of carbonyl (C=O) groups is 2. The molecule has 2 atom stereocenters. The van der Waals surface area contributed by atoms with Gasteiger partial charge in [0.2, 0.25) is 0 Å². The fraction of sp³-hybridized carbons (Fsp3) is 0.200. The van der Waals surface area contributed by atoms with E-state index < -0.39 is 0 Å². The first-order valence-corrected chi connectivity index (χ1v) is 8.66. The van der Waals surface area contributed by atoms with Gasteiger partial charge in [0.1, 0.15) is 0 Å². The Hall–Kier alpha value is -3.32. The normalized spacial score (nSPS) is 18.1. The minimum Gasteiger partial charge on any atom is -0.390 e. The van der Waals surface area contributed by atoms with Crippen molar-refractivity contribution in [1.82, 2.24) is 20.6 Å². The van der Waals surface area contributed by atoms with Crippen LogP contribution in [0.1, 0.15) is 32.8 Å². The fourth-order valence-corrected chi connectivity index (χ4v) is 2.93. The number of aromatic nitrogens is 2. The van der Waals surface area contributed by atoms with Crippen molar-refractivity contribution in [1.29, 1.82) is 0 Å². The molecule has 1 aliphatic carbocycles. The maximum atomic E-state index is 12.4. The maximum Gasteiger partial charge on any atom is 0.251 e. The van der Waals surface area contributed by atoms with Gasteiger partial charge in [0.05, 0.1) is 29.9 Å². The molecule has 2 heterocycles. The van der Waals surface area contributed by atoms with E-state index in [-0.39, 0.29) is 30.5 Å². The third kappa shape index (κ3) is 3.78. The highest BCUT2D eigenvalue weighted by atomic mass is 16.3. The summed E-state index contributed by atoms with van der Waals surface area (Å²) < 4.78 is 0. The minimum absolute atomic E-state index is 0.0972. The van der Waals surface area contributed by atoms with E-state index in [0.717, 1.165) is 10.9 Å². The largest absolute Gasteiger partial charge is 0.390 e. The number of nitrogens with one attached hydrogen (secondary N) is 2. The predicted octanol–water partition coefficient (Wildman–Crippen LogP) is 1.42. The first-order valence-electron chi connectivity index (χ1n) is 8.66. The fourth-order valence-electron chi connectivity index (χ4n) is 2.93. The molecule has 136 valence electrons. The number of pyridine rings is 2. The van der Waals surface area contributed by atoms with Crippen LogP contribution < -0.4 is 10.6 Å². The Bertz CT molecular complexity index is 1020. The highest BCUT2D eigenvalue weighted by molar-refractivity contribution is 5.98. The molecule has 7 heteroatoms. The van der Waals surface area contributed by atoms with Crippen LogP contribution in [0.5, 0.6) is 0 Å². The van der Waals surface area contributed by atoms with Crippen molar-refractivity contribution in [2.45, 2.75) is 25.1 Å². The van der Waals surface area contributed by atoms with E-state index in [0.29, 0.717) is 23.2 Å². The molecule has 1 aromatic carbocycles. The maximum absolute atomic E-state index is 12.4. The van der Waals surface area contributed by atoms with Crippen molar-refractivity contribution in [3.05, 3.63) is 71.7 Å². The molecule has 27 heavy (non-hydrogen) atoms. The lowest BCUT2D eigenvalue weighted by Crippen LogP contribution is -2.34. The van der Waals surface area contributed by atoms with Gasteiger partial charge in [0.25, 0.3) is 11.8 Å². The van der Waals surface area contributed by atoms with Gasteiger partial charge in [-0.3, -0.25) is 19.6 Å².